The predicted octanol–water partition coefficient (Wildman–Crippen LogP) is -0.354. The van der Waals surface area contributed by atoms with Crippen LogP contribution in [-0.2, 0) is 22.0 Å². The van der Waals surface area contributed by atoms with Crippen molar-refractivity contribution in [1.82, 2.24) is 9.97 Å². The topological polar surface area (TPSA) is 97.2 Å². The molecule has 0 spiro atoms. The van der Waals surface area contributed by atoms with Crippen LogP contribution in [0.15, 0.2) is 6.33 Å². The lowest BCUT2D eigenvalue weighted by molar-refractivity contribution is 0.0688. The van der Waals surface area contributed by atoms with Gasteiger partial charge in [-0.1, -0.05) is 0 Å². The normalized spacial score (nSPS) is 18.1. The molecule has 6 nitrogen and oxygen atoms in total. The highest BCUT2D eigenvalue weighted by atomic mass is 32.2. The predicted molar refractivity (Wildman–Crippen MR) is 50.2 cm³/mol. The molecule has 0 atom stereocenters. The van der Waals surface area contributed by atoms with Crippen LogP contribution in [0.5, 0.6) is 0 Å². The van der Waals surface area contributed by atoms with Crippen molar-refractivity contribution in [3.63, 3.8) is 0 Å². The summed E-state index contributed by atoms with van der Waals surface area (Å²) >= 11 is 0. The number of aromatic nitrogens is 2. The van der Waals surface area contributed by atoms with Crippen LogP contribution in [0.3, 0.4) is 0 Å². The molecule has 0 unspecified atom stereocenters. The molecule has 80 valence electrons. The van der Waals surface area contributed by atoms with Crippen LogP contribution < -0.4 is 0 Å². The molecule has 0 aliphatic carbocycles. The first kappa shape index (κ1) is 10.0. The van der Waals surface area contributed by atoms with Crippen molar-refractivity contribution in [2.75, 3.05) is 5.75 Å². The second kappa shape index (κ2) is 3.27. The fraction of sp³-hybridized carbons (Fsp3) is 0.375. The van der Waals surface area contributed by atoms with Gasteiger partial charge in [0, 0.05) is 5.56 Å². The number of fused-ring (bicyclic) bond motifs is 1. The third kappa shape index (κ3) is 1.82. The van der Waals surface area contributed by atoms with E-state index in [-0.39, 0.29) is 23.6 Å². The van der Waals surface area contributed by atoms with Crippen molar-refractivity contribution in [3.8, 4) is 0 Å². The molecular formula is C8H8N2O4S. The van der Waals surface area contributed by atoms with E-state index in [1.54, 1.807) is 0 Å². The minimum absolute atomic E-state index is 0.0341. The van der Waals surface area contributed by atoms with Crippen LogP contribution in [0.25, 0.3) is 0 Å². The third-order valence-electron chi connectivity index (χ3n) is 2.26. The van der Waals surface area contributed by atoms with Gasteiger partial charge in [0.1, 0.15) is 6.33 Å². The highest BCUT2D eigenvalue weighted by Gasteiger charge is 2.26. The van der Waals surface area contributed by atoms with E-state index in [1.165, 1.54) is 0 Å². The SMILES string of the molecule is O=C(O)c1ncnc2c1CCS(=O)(=O)C2. The summed E-state index contributed by atoms with van der Waals surface area (Å²) in [4.78, 5) is 18.2. The van der Waals surface area contributed by atoms with Crippen molar-refractivity contribution < 1.29 is 18.3 Å². The summed E-state index contributed by atoms with van der Waals surface area (Å²) in [6.45, 7) is 0. The number of sulfone groups is 1. The Bertz CT molecular complexity index is 523. The Morgan fingerprint density at radius 2 is 2.13 bits per heavy atom. The molecule has 1 aromatic rings. The standard InChI is InChI=1S/C8H8N2O4S/c11-8(12)7-5-1-2-15(13,14)3-6(5)9-4-10-7/h4H,1-3H2,(H,11,12). The lowest BCUT2D eigenvalue weighted by Gasteiger charge is -2.15. The maximum Gasteiger partial charge on any atom is 0.354 e. The average Bonchev–Trinajstić information content (AvgIpc) is 2.14. The number of rotatable bonds is 1. The highest BCUT2D eigenvalue weighted by Crippen LogP contribution is 2.20. The maximum absolute atomic E-state index is 11.3. The highest BCUT2D eigenvalue weighted by molar-refractivity contribution is 7.90. The summed E-state index contributed by atoms with van der Waals surface area (Å²) < 4.78 is 22.6. The van der Waals surface area contributed by atoms with Crippen LogP contribution in [0.1, 0.15) is 21.7 Å². The quantitative estimate of drug-likeness (QED) is 0.705. The number of carbonyl (C=O) groups is 1. The molecule has 0 fully saturated rings. The Balaban J connectivity index is 2.56. The number of carboxylic acids is 1. The molecule has 1 aromatic heterocycles. The Morgan fingerprint density at radius 1 is 1.40 bits per heavy atom. The molecule has 15 heavy (non-hydrogen) atoms. The van der Waals surface area contributed by atoms with E-state index >= 15 is 0 Å². The van der Waals surface area contributed by atoms with E-state index in [1.807, 2.05) is 0 Å². The minimum atomic E-state index is -3.12. The van der Waals surface area contributed by atoms with Gasteiger partial charge in [-0.2, -0.15) is 0 Å². The average molecular weight is 228 g/mol. The van der Waals surface area contributed by atoms with Crippen molar-refractivity contribution in [3.05, 3.63) is 23.3 Å². The Hall–Kier alpha value is -1.50. The van der Waals surface area contributed by atoms with Gasteiger partial charge in [0.2, 0.25) is 0 Å². The molecule has 1 aliphatic heterocycles. The monoisotopic (exact) mass is 228 g/mol. The van der Waals surface area contributed by atoms with Crippen LogP contribution in [0.2, 0.25) is 0 Å². The van der Waals surface area contributed by atoms with Gasteiger partial charge in [0.05, 0.1) is 17.2 Å². The van der Waals surface area contributed by atoms with E-state index in [0.717, 1.165) is 6.33 Å². The summed E-state index contributed by atoms with van der Waals surface area (Å²) in [6, 6.07) is 0. The number of hydrogen-bond acceptors (Lipinski definition) is 5. The fourth-order valence-corrected chi connectivity index (χ4v) is 2.88. The van der Waals surface area contributed by atoms with Crippen molar-refractivity contribution in [1.29, 1.82) is 0 Å². The lowest BCUT2D eigenvalue weighted by atomic mass is 10.1. The molecule has 0 bridgehead atoms. The molecule has 0 aromatic carbocycles. The summed E-state index contributed by atoms with van der Waals surface area (Å²) in [7, 11) is -3.12. The zero-order valence-corrected chi connectivity index (χ0v) is 8.49. The van der Waals surface area contributed by atoms with Crippen LogP contribution in [-0.4, -0.2) is 35.2 Å². The van der Waals surface area contributed by atoms with Gasteiger partial charge >= 0.3 is 5.97 Å². The maximum atomic E-state index is 11.3. The van der Waals surface area contributed by atoms with Crippen molar-refractivity contribution >= 4 is 15.8 Å². The van der Waals surface area contributed by atoms with Crippen LogP contribution in [0, 0.1) is 0 Å². The number of aromatic carboxylic acids is 1. The smallest absolute Gasteiger partial charge is 0.354 e. The molecule has 0 amide bonds. The van der Waals surface area contributed by atoms with Gasteiger partial charge in [-0.05, 0) is 6.42 Å². The second-order valence-electron chi connectivity index (χ2n) is 3.29. The second-order valence-corrected chi connectivity index (χ2v) is 5.48. The lowest BCUT2D eigenvalue weighted by Crippen LogP contribution is -2.23. The minimum Gasteiger partial charge on any atom is -0.477 e. The number of carboxylic acid groups (broad SMARTS) is 1. The summed E-state index contributed by atoms with van der Waals surface area (Å²) in [5.74, 6) is -1.37. The number of nitrogens with zero attached hydrogens (tertiary/aromatic N) is 2. The first-order chi connectivity index (χ1) is 6.99. The molecule has 1 N–H and O–H groups in total. The summed E-state index contributed by atoms with van der Waals surface area (Å²) in [5, 5.41) is 8.83. The molecule has 2 rings (SSSR count). The van der Waals surface area contributed by atoms with Crippen LogP contribution in [0.4, 0.5) is 0 Å². The zero-order chi connectivity index (χ0) is 11.1. The molecule has 0 radical (unpaired) electrons. The van der Waals surface area contributed by atoms with Crippen molar-refractivity contribution in [2.45, 2.75) is 12.2 Å². The summed E-state index contributed by atoms with van der Waals surface area (Å²) in [5.41, 5.74) is 0.670. The van der Waals surface area contributed by atoms with Crippen molar-refractivity contribution in [2.24, 2.45) is 0 Å². The Morgan fingerprint density at radius 3 is 2.80 bits per heavy atom. The molecule has 0 saturated heterocycles. The van der Waals surface area contributed by atoms with Gasteiger partial charge in [0.25, 0.3) is 0 Å². The van der Waals surface area contributed by atoms with E-state index in [4.69, 9.17) is 5.11 Å². The van der Waals surface area contributed by atoms with Gasteiger partial charge in [-0.15, -0.1) is 0 Å². The van der Waals surface area contributed by atoms with E-state index in [2.05, 4.69) is 9.97 Å². The van der Waals surface area contributed by atoms with Gasteiger partial charge < -0.3 is 5.11 Å². The Kier molecular flexibility index (Phi) is 2.18. The first-order valence-corrected chi connectivity index (χ1v) is 6.08. The van der Waals surface area contributed by atoms with Crippen LogP contribution >= 0.6 is 0 Å². The Labute approximate surface area is 85.9 Å². The van der Waals surface area contributed by atoms with Gasteiger partial charge in [-0.3, -0.25) is 0 Å². The fourth-order valence-electron chi connectivity index (χ4n) is 1.56. The molecule has 2 heterocycles. The first-order valence-electron chi connectivity index (χ1n) is 4.26. The van der Waals surface area contributed by atoms with Gasteiger partial charge in [0.15, 0.2) is 15.5 Å². The third-order valence-corrected chi connectivity index (χ3v) is 3.80. The molecule has 7 heteroatoms. The van der Waals surface area contributed by atoms with Gasteiger partial charge in [-0.25, -0.2) is 23.2 Å². The number of hydrogen-bond donors (Lipinski definition) is 1. The van der Waals surface area contributed by atoms with E-state index < -0.39 is 15.8 Å². The molecule has 1 aliphatic rings. The molecule has 0 saturated carbocycles. The van der Waals surface area contributed by atoms with E-state index in [9.17, 15) is 13.2 Å². The largest absolute Gasteiger partial charge is 0.477 e. The zero-order valence-electron chi connectivity index (χ0n) is 7.67. The van der Waals surface area contributed by atoms with E-state index in [0.29, 0.717) is 11.3 Å². The summed E-state index contributed by atoms with van der Waals surface area (Å²) in [6.07, 6.45) is 1.27. The molecular weight excluding hydrogens is 220 g/mol.